The number of carbonyl (C=O) groups excluding carboxylic acids is 2. The zero-order valence-electron chi connectivity index (χ0n) is 15.4. The predicted molar refractivity (Wildman–Crippen MR) is 102 cm³/mol. The summed E-state index contributed by atoms with van der Waals surface area (Å²) in [5.74, 6) is 0.916. The summed E-state index contributed by atoms with van der Waals surface area (Å²) in [7, 11) is 0. The van der Waals surface area contributed by atoms with Crippen LogP contribution in [0.15, 0.2) is 18.2 Å². The lowest BCUT2D eigenvalue weighted by molar-refractivity contribution is -0.127. The molecule has 5 nitrogen and oxygen atoms in total. The Kier molecular flexibility index (Phi) is 4.70. The molecule has 0 saturated carbocycles. The predicted octanol–water partition coefficient (Wildman–Crippen LogP) is 3.04. The standard InChI is InChI=1S/C21H27N3O2/c1-14-5-7-18-16(12-14)17-13-15(6-8-19(17)23-18)21(26)22-9-3-11-24-10-2-4-20(24)25/h6,8,13-14,23H,2-5,7,9-12H2,1H3,(H,22,26)/t14-/m1/s1. The van der Waals surface area contributed by atoms with E-state index in [0.717, 1.165) is 49.9 Å². The molecule has 2 N–H and O–H groups in total. The molecule has 1 fully saturated rings. The lowest BCUT2D eigenvalue weighted by atomic mass is 9.87. The van der Waals surface area contributed by atoms with Crippen LogP contribution >= 0.6 is 0 Å². The third-order valence-corrected chi connectivity index (χ3v) is 5.76. The minimum absolute atomic E-state index is 0.0292. The smallest absolute Gasteiger partial charge is 0.251 e. The van der Waals surface area contributed by atoms with Gasteiger partial charge in [-0.2, -0.15) is 0 Å². The molecule has 26 heavy (non-hydrogen) atoms. The molecule has 138 valence electrons. The first kappa shape index (κ1) is 17.1. The zero-order chi connectivity index (χ0) is 18.1. The molecular weight excluding hydrogens is 326 g/mol. The van der Waals surface area contributed by atoms with Crippen LogP contribution in [0, 0.1) is 5.92 Å². The number of likely N-dealkylation sites (tertiary alicyclic amines) is 1. The van der Waals surface area contributed by atoms with Gasteiger partial charge in [-0.15, -0.1) is 0 Å². The van der Waals surface area contributed by atoms with E-state index in [1.165, 1.54) is 23.1 Å². The average molecular weight is 353 g/mol. The summed E-state index contributed by atoms with van der Waals surface area (Å²) in [5.41, 5.74) is 4.58. The highest BCUT2D eigenvalue weighted by atomic mass is 16.2. The van der Waals surface area contributed by atoms with E-state index in [2.05, 4.69) is 17.2 Å². The molecule has 5 heteroatoms. The third-order valence-electron chi connectivity index (χ3n) is 5.76. The van der Waals surface area contributed by atoms with Gasteiger partial charge in [-0.05, 0) is 61.8 Å². The molecule has 4 rings (SSSR count). The lowest BCUT2D eigenvalue weighted by Gasteiger charge is -2.18. The lowest BCUT2D eigenvalue weighted by Crippen LogP contribution is -2.30. The molecule has 1 aliphatic carbocycles. The third kappa shape index (κ3) is 3.35. The van der Waals surface area contributed by atoms with Gasteiger partial charge in [-0.25, -0.2) is 0 Å². The minimum Gasteiger partial charge on any atom is -0.358 e. The number of carbonyl (C=O) groups is 2. The second-order valence-corrected chi connectivity index (χ2v) is 7.78. The second-order valence-electron chi connectivity index (χ2n) is 7.78. The maximum Gasteiger partial charge on any atom is 0.251 e. The number of benzene rings is 1. The molecule has 2 heterocycles. The Hall–Kier alpha value is -2.30. The molecular formula is C21H27N3O2. The molecule has 0 unspecified atom stereocenters. The second kappa shape index (κ2) is 7.14. The maximum absolute atomic E-state index is 12.5. The van der Waals surface area contributed by atoms with Crippen molar-refractivity contribution in [3.63, 3.8) is 0 Å². The molecule has 1 saturated heterocycles. The number of rotatable bonds is 5. The summed E-state index contributed by atoms with van der Waals surface area (Å²) in [6.45, 7) is 4.49. The molecule has 1 atom stereocenters. The van der Waals surface area contributed by atoms with Gasteiger partial charge in [0.25, 0.3) is 5.91 Å². The Morgan fingerprint density at radius 1 is 1.35 bits per heavy atom. The van der Waals surface area contributed by atoms with Gasteiger partial charge in [0.05, 0.1) is 0 Å². The molecule has 2 amide bonds. The number of fused-ring (bicyclic) bond motifs is 3. The number of nitrogens with one attached hydrogen (secondary N) is 2. The summed E-state index contributed by atoms with van der Waals surface area (Å²) in [5, 5.41) is 4.19. The van der Waals surface area contributed by atoms with Crippen LogP contribution in [-0.2, 0) is 17.6 Å². The topological polar surface area (TPSA) is 65.2 Å². The molecule has 2 aliphatic rings. The first-order valence-electron chi connectivity index (χ1n) is 9.81. The number of aromatic nitrogens is 1. The normalized spacial score (nSPS) is 19.8. The molecule has 2 aromatic rings. The van der Waals surface area contributed by atoms with E-state index in [1.54, 1.807) is 0 Å². The van der Waals surface area contributed by atoms with Crippen LogP contribution in [0.3, 0.4) is 0 Å². The van der Waals surface area contributed by atoms with Gasteiger partial charge in [0.1, 0.15) is 0 Å². The minimum atomic E-state index is -0.0292. The van der Waals surface area contributed by atoms with Crippen molar-refractivity contribution in [2.45, 2.75) is 45.4 Å². The van der Waals surface area contributed by atoms with E-state index in [0.29, 0.717) is 18.9 Å². The zero-order valence-corrected chi connectivity index (χ0v) is 15.4. The molecule has 0 radical (unpaired) electrons. The first-order valence-corrected chi connectivity index (χ1v) is 9.81. The van der Waals surface area contributed by atoms with Crippen molar-refractivity contribution in [1.82, 2.24) is 15.2 Å². The number of aromatic amines is 1. The van der Waals surface area contributed by atoms with Crippen LogP contribution in [-0.4, -0.2) is 41.3 Å². The van der Waals surface area contributed by atoms with E-state index in [1.807, 2.05) is 23.1 Å². The van der Waals surface area contributed by atoms with Crippen LogP contribution in [0.4, 0.5) is 0 Å². The monoisotopic (exact) mass is 353 g/mol. The molecule has 1 aliphatic heterocycles. The fourth-order valence-corrected chi connectivity index (χ4v) is 4.25. The molecule has 0 bridgehead atoms. The molecule has 1 aromatic heterocycles. The van der Waals surface area contributed by atoms with Crippen LogP contribution in [0.1, 0.15) is 54.2 Å². The van der Waals surface area contributed by atoms with Gasteiger partial charge in [-0.1, -0.05) is 6.92 Å². The number of H-pyrrole nitrogens is 1. The van der Waals surface area contributed by atoms with Gasteiger partial charge in [0, 0.05) is 48.2 Å². The maximum atomic E-state index is 12.5. The van der Waals surface area contributed by atoms with Gasteiger partial charge in [-0.3, -0.25) is 9.59 Å². The van der Waals surface area contributed by atoms with Gasteiger partial charge < -0.3 is 15.2 Å². The first-order chi connectivity index (χ1) is 12.6. The number of aryl methyl sites for hydroxylation is 1. The number of amides is 2. The van der Waals surface area contributed by atoms with E-state index in [9.17, 15) is 9.59 Å². The Morgan fingerprint density at radius 2 is 2.23 bits per heavy atom. The van der Waals surface area contributed by atoms with Crippen LogP contribution in [0.2, 0.25) is 0 Å². The highest BCUT2D eigenvalue weighted by Gasteiger charge is 2.21. The van der Waals surface area contributed by atoms with Crippen molar-refractivity contribution < 1.29 is 9.59 Å². The summed E-state index contributed by atoms with van der Waals surface area (Å²) in [6.07, 6.45) is 5.85. The van der Waals surface area contributed by atoms with Crippen molar-refractivity contribution >= 4 is 22.7 Å². The molecule has 0 spiro atoms. The Morgan fingerprint density at radius 3 is 3.04 bits per heavy atom. The SMILES string of the molecule is C[C@@H]1CCc2[nH]c3ccc(C(=O)NCCCN4CCCC4=O)cc3c2C1. The average Bonchev–Trinajstić information content (AvgIpc) is 3.21. The number of hydrogen-bond acceptors (Lipinski definition) is 2. The van der Waals surface area contributed by atoms with E-state index >= 15 is 0 Å². The highest BCUT2D eigenvalue weighted by molar-refractivity contribution is 5.99. The number of hydrogen-bond donors (Lipinski definition) is 2. The van der Waals surface area contributed by atoms with Crippen molar-refractivity contribution in [3.05, 3.63) is 35.0 Å². The van der Waals surface area contributed by atoms with E-state index in [-0.39, 0.29) is 11.8 Å². The van der Waals surface area contributed by atoms with E-state index in [4.69, 9.17) is 0 Å². The largest absolute Gasteiger partial charge is 0.358 e. The van der Waals surface area contributed by atoms with Crippen LogP contribution in [0.25, 0.3) is 10.9 Å². The van der Waals surface area contributed by atoms with Crippen molar-refractivity contribution in [1.29, 1.82) is 0 Å². The molecule has 1 aromatic carbocycles. The summed E-state index contributed by atoms with van der Waals surface area (Å²) in [4.78, 5) is 29.5. The van der Waals surface area contributed by atoms with Gasteiger partial charge in [0.2, 0.25) is 5.91 Å². The Labute approximate surface area is 154 Å². The van der Waals surface area contributed by atoms with Crippen molar-refractivity contribution in [2.75, 3.05) is 19.6 Å². The van der Waals surface area contributed by atoms with E-state index < -0.39 is 0 Å². The van der Waals surface area contributed by atoms with Crippen LogP contribution < -0.4 is 5.32 Å². The van der Waals surface area contributed by atoms with Gasteiger partial charge in [0.15, 0.2) is 0 Å². The van der Waals surface area contributed by atoms with Crippen LogP contribution in [0.5, 0.6) is 0 Å². The van der Waals surface area contributed by atoms with Crippen molar-refractivity contribution in [2.24, 2.45) is 5.92 Å². The Balaban J connectivity index is 1.39. The quantitative estimate of drug-likeness (QED) is 0.812. The fourth-order valence-electron chi connectivity index (χ4n) is 4.25. The number of nitrogens with zero attached hydrogens (tertiary/aromatic N) is 1. The summed E-state index contributed by atoms with van der Waals surface area (Å²) >= 11 is 0. The summed E-state index contributed by atoms with van der Waals surface area (Å²) < 4.78 is 0. The Bertz CT molecular complexity index is 839. The highest BCUT2D eigenvalue weighted by Crippen LogP contribution is 2.32. The summed E-state index contributed by atoms with van der Waals surface area (Å²) in [6, 6.07) is 5.95. The van der Waals surface area contributed by atoms with Gasteiger partial charge >= 0.3 is 0 Å². The fraction of sp³-hybridized carbons (Fsp3) is 0.524. The van der Waals surface area contributed by atoms with Crippen molar-refractivity contribution in [3.8, 4) is 0 Å².